The van der Waals surface area contributed by atoms with Crippen LogP contribution in [0, 0.1) is 0 Å². The molecule has 0 aliphatic carbocycles. The molecule has 0 rings (SSSR count). The predicted molar refractivity (Wildman–Crippen MR) is 35.7 cm³/mol. The van der Waals surface area contributed by atoms with E-state index in [-0.39, 0.29) is 5.38 Å². The molecule has 1 atom stereocenters. The average Bonchev–Trinajstić information content (AvgIpc) is 1.68. The van der Waals surface area contributed by atoms with Gasteiger partial charge in [0.2, 0.25) is 0 Å². The van der Waals surface area contributed by atoms with Gasteiger partial charge >= 0.3 is 0 Å². The van der Waals surface area contributed by atoms with E-state index in [0.717, 1.165) is 6.29 Å². The Bertz CT molecular complexity index is 65.4. The molecule has 0 saturated heterocycles. The Hall–Kier alpha value is 0.250. The molecule has 0 bridgehead atoms. The number of halogens is 2. The molecule has 8 heavy (non-hydrogen) atoms. The van der Waals surface area contributed by atoms with Gasteiger partial charge < -0.3 is 4.79 Å². The summed E-state index contributed by atoms with van der Waals surface area (Å²) < 4.78 is 0. The van der Waals surface area contributed by atoms with Crippen molar-refractivity contribution >= 4 is 29.5 Å². The quantitative estimate of drug-likeness (QED) is 0.447. The van der Waals surface area contributed by atoms with E-state index >= 15 is 0 Å². The van der Waals surface area contributed by atoms with E-state index in [1.165, 1.54) is 0 Å². The van der Waals surface area contributed by atoms with Gasteiger partial charge in [0.05, 0.1) is 0 Å². The Morgan fingerprint density at radius 1 is 1.62 bits per heavy atom. The predicted octanol–water partition coefficient (Wildman–Crippen LogP) is 1.81. The molecule has 1 nitrogen and oxygen atoms in total. The van der Waals surface area contributed by atoms with Crippen LogP contribution in [-0.2, 0) is 4.79 Å². The Labute approximate surface area is 59.0 Å². The van der Waals surface area contributed by atoms with Crippen molar-refractivity contribution in [3.05, 3.63) is 0 Å². The van der Waals surface area contributed by atoms with Crippen LogP contribution in [-0.4, -0.2) is 17.5 Å². The molecule has 3 heteroatoms. The van der Waals surface area contributed by atoms with Gasteiger partial charge in [0, 0.05) is 17.7 Å². The highest BCUT2D eigenvalue weighted by Crippen LogP contribution is 2.05. The Balaban J connectivity index is 3.03. The molecule has 48 valence electrons. The molecular formula is C5H8Cl2O. The van der Waals surface area contributed by atoms with Crippen LogP contribution in [0.5, 0.6) is 0 Å². The maximum absolute atomic E-state index is 9.76. The summed E-state index contributed by atoms with van der Waals surface area (Å²) in [5.74, 6) is 0.530. The summed E-state index contributed by atoms with van der Waals surface area (Å²) in [7, 11) is 0. The fraction of sp³-hybridized carbons (Fsp3) is 0.800. The molecule has 0 aromatic heterocycles. The first kappa shape index (κ1) is 8.25. The third-order valence-electron chi connectivity index (χ3n) is 0.774. The minimum absolute atomic E-state index is 0.0648. The van der Waals surface area contributed by atoms with E-state index in [2.05, 4.69) is 0 Å². The summed E-state index contributed by atoms with van der Waals surface area (Å²) >= 11 is 10.9. The van der Waals surface area contributed by atoms with Crippen molar-refractivity contribution in [3.8, 4) is 0 Å². The lowest BCUT2D eigenvalue weighted by Gasteiger charge is -1.98. The first-order valence-electron chi connectivity index (χ1n) is 2.45. The zero-order chi connectivity index (χ0) is 6.41. The van der Waals surface area contributed by atoms with Crippen LogP contribution in [0.15, 0.2) is 0 Å². The number of carbonyl (C=O) groups is 1. The van der Waals surface area contributed by atoms with E-state index in [0.29, 0.717) is 18.7 Å². The summed E-state index contributed by atoms with van der Waals surface area (Å²) in [4.78, 5) is 9.76. The molecule has 0 heterocycles. The summed E-state index contributed by atoms with van der Waals surface area (Å²) in [5.41, 5.74) is 0. The van der Waals surface area contributed by atoms with Crippen LogP contribution in [0.2, 0.25) is 0 Å². The third-order valence-corrected chi connectivity index (χ3v) is 1.39. The van der Waals surface area contributed by atoms with Crippen LogP contribution in [0.1, 0.15) is 12.8 Å². The van der Waals surface area contributed by atoms with Crippen LogP contribution >= 0.6 is 23.2 Å². The van der Waals surface area contributed by atoms with E-state index in [1.807, 2.05) is 0 Å². The van der Waals surface area contributed by atoms with Gasteiger partial charge in [0.1, 0.15) is 6.29 Å². The fourth-order valence-corrected chi connectivity index (χ4v) is 0.898. The molecule has 0 spiro atoms. The van der Waals surface area contributed by atoms with Crippen molar-refractivity contribution in [1.82, 2.24) is 0 Å². The molecule has 1 unspecified atom stereocenters. The number of hydrogen-bond acceptors (Lipinski definition) is 1. The second-order valence-corrected chi connectivity index (χ2v) is 2.47. The van der Waals surface area contributed by atoms with Gasteiger partial charge in [0.15, 0.2) is 0 Å². The molecule has 0 saturated carbocycles. The number of alkyl halides is 2. The van der Waals surface area contributed by atoms with Crippen molar-refractivity contribution in [2.75, 3.05) is 5.88 Å². The van der Waals surface area contributed by atoms with Crippen LogP contribution in [0.25, 0.3) is 0 Å². The van der Waals surface area contributed by atoms with E-state index in [4.69, 9.17) is 23.2 Å². The molecule has 0 N–H and O–H groups in total. The topological polar surface area (TPSA) is 17.1 Å². The van der Waals surface area contributed by atoms with Crippen molar-refractivity contribution < 1.29 is 4.79 Å². The van der Waals surface area contributed by atoms with E-state index in [9.17, 15) is 4.79 Å². The standard InChI is InChI=1S/C5H8Cl2O/c6-3-1-5(7)2-4-8/h4-5H,1-3H2. The zero-order valence-electron chi connectivity index (χ0n) is 4.44. The van der Waals surface area contributed by atoms with Crippen molar-refractivity contribution in [1.29, 1.82) is 0 Å². The van der Waals surface area contributed by atoms with E-state index < -0.39 is 0 Å². The van der Waals surface area contributed by atoms with Crippen LogP contribution < -0.4 is 0 Å². The van der Waals surface area contributed by atoms with Gasteiger partial charge in [-0.3, -0.25) is 0 Å². The normalized spacial score (nSPS) is 13.2. The Morgan fingerprint density at radius 3 is 2.62 bits per heavy atom. The Morgan fingerprint density at radius 2 is 2.25 bits per heavy atom. The summed E-state index contributed by atoms with van der Waals surface area (Å²) in [6.07, 6.45) is 1.93. The first-order valence-corrected chi connectivity index (χ1v) is 3.42. The maximum Gasteiger partial charge on any atom is 0.121 e. The van der Waals surface area contributed by atoms with Crippen LogP contribution in [0.3, 0.4) is 0 Å². The molecule has 0 aromatic carbocycles. The van der Waals surface area contributed by atoms with Crippen molar-refractivity contribution in [2.45, 2.75) is 18.2 Å². The lowest BCUT2D eigenvalue weighted by Crippen LogP contribution is -1.98. The lowest BCUT2D eigenvalue weighted by molar-refractivity contribution is -0.107. The smallest absolute Gasteiger partial charge is 0.121 e. The molecular weight excluding hydrogens is 147 g/mol. The number of rotatable bonds is 4. The largest absolute Gasteiger partial charge is 0.303 e. The first-order chi connectivity index (χ1) is 3.81. The van der Waals surface area contributed by atoms with Gasteiger partial charge in [-0.2, -0.15) is 0 Å². The second kappa shape index (κ2) is 5.39. The van der Waals surface area contributed by atoms with Gasteiger partial charge in [-0.05, 0) is 6.42 Å². The summed E-state index contributed by atoms with van der Waals surface area (Å²) in [6, 6.07) is 0. The summed E-state index contributed by atoms with van der Waals surface area (Å²) in [6.45, 7) is 0. The molecule has 0 aliphatic heterocycles. The summed E-state index contributed by atoms with van der Waals surface area (Å²) in [5, 5.41) is -0.0648. The van der Waals surface area contributed by atoms with Gasteiger partial charge in [-0.15, -0.1) is 23.2 Å². The molecule has 0 amide bonds. The van der Waals surface area contributed by atoms with Gasteiger partial charge in [-0.1, -0.05) is 0 Å². The molecule has 0 aliphatic rings. The van der Waals surface area contributed by atoms with Crippen molar-refractivity contribution in [3.63, 3.8) is 0 Å². The highest BCUT2D eigenvalue weighted by Gasteiger charge is 1.99. The minimum atomic E-state index is -0.0648. The number of carbonyl (C=O) groups excluding carboxylic acids is 1. The average molecular weight is 155 g/mol. The second-order valence-electron chi connectivity index (χ2n) is 1.48. The monoisotopic (exact) mass is 154 g/mol. The minimum Gasteiger partial charge on any atom is -0.303 e. The highest BCUT2D eigenvalue weighted by molar-refractivity contribution is 6.22. The highest BCUT2D eigenvalue weighted by atomic mass is 35.5. The molecule has 0 aromatic rings. The third kappa shape index (κ3) is 4.41. The zero-order valence-corrected chi connectivity index (χ0v) is 5.95. The number of hydrogen-bond donors (Lipinski definition) is 0. The Kier molecular flexibility index (Phi) is 5.56. The molecule has 0 radical (unpaired) electrons. The lowest BCUT2D eigenvalue weighted by atomic mass is 10.3. The van der Waals surface area contributed by atoms with Gasteiger partial charge in [0.25, 0.3) is 0 Å². The number of aldehydes is 1. The molecule has 0 fully saturated rings. The van der Waals surface area contributed by atoms with Crippen molar-refractivity contribution in [2.24, 2.45) is 0 Å². The fourth-order valence-electron chi connectivity index (χ4n) is 0.341. The van der Waals surface area contributed by atoms with Crippen LogP contribution in [0.4, 0.5) is 0 Å². The van der Waals surface area contributed by atoms with Gasteiger partial charge in [-0.25, -0.2) is 0 Å². The van der Waals surface area contributed by atoms with E-state index in [1.54, 1.807) is 0 Å². The maximum atomic E-state index is 9.76. The SMILES string of the molecule is O=CCC(Cl)CCCl.